The average molecular weight is 235 g/mol. The first kappa shape index (κ1) is 9.41. The standard InChI is InChI=1S/C10H9N3O2S/c1-4-8-6(13-12-4)3-11-5-2-7(10(14)15)16-9(5)8/h2,11H,3H2,1H3,(H,12,13)(H,14,15). The van der Waals surface area contributed by atoms with Crippen LogP contribution in [0, 0.1) is 6.92 Å². The monoisotopic (exact) mass is 235 g/mol. The molecule has 6 heteroatoms. The molecule has 0 aromatic carbocycles. The number of carbonyl (C=O) groups is 1. The minimum Gasteiger partial charge on any atom is -0.477 e. The number of carboxylic acid groups (broad SMARTS) is 1. The molecule has 3 N–H and O–H groups in total. The number of hydrogen-bond donors (Lipinski definition) is 3. The molecule has 0 atom stereocenters. The fourth-order valence-corrected chi connectivity index (χ4v) is 3.00. The van der Waals surface area contributed by atoms with E-state index in [1.807, 2.05) is 6.92 Å². The Morgan fingerprint density at radius 1 is 1.62 bits per heavy atom. The lowest BCUT2D eigenvalue weighted by atomic mass is 10.1. The molecule has 0 bridgehead atoms. The van der Waals surface area contributed by atoms with E-state index in [0.717, 1.165) is 27.5 Å². The van der Waals surface area contributed by atoms with Crippen molar-refractivity contribution in [2.75, 3.05) is 5.32 Å². The highest BCUT2D eigenvalue weighted by molar-refractivity contribution is 7.18. The quantitative estimate of drug-likeness (QED) is 0.707. The summed E-state index contributed by atoms with van der Waals surface area (Å²) in [6, 6.07) is 1.68. The van der Waals surface area contributed by atoms with Crippen molar-refractivity contribution in [2.45, 2.75) is 13.5 Å². The van der Waals surface area contributed by atoms with E-state index >= 15 is 0 Å². The predicted molar refractivity (Wildman–Crippen MR) is 60.9 cm³/mol. The molecule has 0 radical (unpaired) electrons. The second-order valence-electron chi connectivity index (χ2n) is 3.68. The third kappa shape index (κ3) is 1.16. The van der Waals surface area contributed by atoms with Crippen molar-refractivity contribution in [2.24, 2.45) is 0 Å². The lowest BCUT2D eigenvalue weighted by Crippen LogP contribution is -2.05. The Morgan fingerprint density at radius 3 is 3.19 bits per heavy atom. The SMILES string of the molecule is Cc1[nH]nc2c1-c1sc(C(=O)O)cc1NC2. The first-order valence-electron chi connectivity index (χ1n) is 4.82. The Hall–Kier alpha value is -1.82. The Balaban J connectivity index is 2.23. The molecule has 16 heavy (non-hydrogen) atoms. The highest BCUT2D eigenvalue weighted by atomic mass is 32.1. The first-order valence-corrected chi connectivity index (χ1v) is 5.63. The van der Waals surface area contributed by atoms with Crippen LogP contribution in [0.3, 0.4) is 0 Å². The van der Waals surface area contributed by atoms with Gasteiger partial charge >= 0.3 is 5.97 Å². The molecule has 0 saturated carbocycles. The van der Waals surface area contributed by atoms with E-state index in [9.17, 15) is 4.79 Å². The number of H-pyrrole nitrogens is 1. The summed E-state index contributed by atoms with van der Waals surface area (Å²) in [5, 5.41) is 19.2. The highest BCUT2D eigenvalue weighted by Crippen LogP contribution is 2.42. The number of carboxylic acids is 1. The van der Waals surface area contributed by atoms with Crippen molar-refractivity contribution < 1.29 is 9.90 Å². The van der Waals surface area contributed by atoms with E-state index in [-0.39, 0.29) is 0 Å². The number of aryl methyl sites for hydroxylation is 1. The fourth-order valence-electron chi connectivity index (χ4n) is 1.90. The van der Waals surface area contributed by atoms with Crippen molar-refractivity contribution in [3.63, 3.8) is 0 Å². The summed E-state index contributed by atoms with van der Waals surface area (Å²) in [5.41, 5.74) is 3.87. The van der Waals surface area contributed by atoms with Crippen LogP contribution < -0.4 is 5.32 Å². The van der Waals surface area contributed by atoms with Gasteiger partial charge in [-0.05, 0) is 13.0 Å². The summed E-state index contributed by atoms with van der Waals surface area (Å²) in [6.07, 6.45) is 0. The average Bonchev–Trinajstić information content (AvgIpc) is 2.81. The van der Waals surface area contributed by atoms with Crippen LogP contribution in [-0.4, -0.2) is 21.3 Å². The molecule has 3 heterocycles. The van der Waals surface area contributed by atoms with E-state index in [0.29, 0.717) is 11.4 Å². The smallest absolute Gasteiger partial charge is 0.345 e. The molecular weight excluding hydrogens is 226 g/mol. The van der Waals surface area contributed by atoms with Crippen molar-refractivity contribution in [3.05, 3.63) is 22.3 Å². The van der Waals surface area contributed by atoms with Gasteiger partial charge in [0.05, 0.1) is 22.8 Å². The van der Waals surface area contributed by atoms with Gasteiger partial charge in [0.1, 0.15) is 4.88 Å². The van der Waals surface area contributed by atoms with Crippen LogP contribution in [0.25, 0.3) is 10.4 Å². The molecule has 82 valence electrons. The minimum absolute atomic E-state index is 0.353. The van der Waals surface area contributed by atoms with Crippen molar-refractivity contribution in [1.29, 1.82) is 0 Å². The van der Waals surface area contributed by atoms with Crippen LogP contribution in [0.2, 0.25) is 0 Å². The minimum atomic E-state index is -0.885. The Morgan fingerprint density at radius 2 is 2.44 bits per heavy atom. The largest absolute Gasteiger partial charge is 0.477 e. The summed E-state index contributed by atoms with van der Waals surface area (Å²) in [4.78, 5) is 12.2. The van der Waals surface area contributed by atoms with Gasteiger partial charge in [-0.15, -0.1) is 11.3 Å². The van der Waals surface area contributed by atoms with Crippen molar-refractivity contribution in [3.8, 4) is 10.4 Å². The molecule has 5 nitrogen and oxygen atoms in total. The maximum absolute atomic E-state index is 10.9. The predicted octanol–water partition coefficient (Wildman–Crippen LogP) is 2.07. The fraction of sp³-hybridized carbons (Fsp3) is 0.200. The molecular formula is C10H9N3O2S. The van der Waals surface area contributed by atoms with Crippen molar-refractivity contribution >= 4 is 23.0 Å². The third-order valence-electron chi connectivity index (χ3n) is 2.64. The Bertz CT molecular complexity index is 585. The number of anilines is 1. The number of thiophene rings is 1. The second-order valence-corrected chi connectivity index (χ2v) is 4.73. The van der Waals surface area contributed by atoms with Gasteiger partial charge in [-0.3, -0.25) is 5.10 Å². The number of fused-ring (bicyclic) bond motifs is 3. The normalized spacial score (nSPS) is 12.8. The van der Waals surface area contributed by atoms with E-state index in [2.05, 4.69) is 15.5 Å². The third-order valence-corrected chi connectivity index (χ3v) is 3.78. The van der Waals surface area contributed by atoms with Gasteiger partial charge in [0.15, 0.2) is 0 Å². The summed E-state index contributed by atoms with van der Waals surface area (Å²) < 4.78 is 0. The molecule has 0 saturated heterocycles. The molecule has 0 spiro atoms. The van der Waals surface area contributed by atoms with Crippen LogP contribution in [0.5, 0.6) is 0 Å². The molecule has 0 unspecified atom stereocenters. The summed E-state index contributed by atoms with van der Waals surface area (Å²) in [7, 11) is 0. The van der Waals surface area contributed by atoms with Gasteiger partial charge in [0.2, 0.25) is 0 Å². The summed E-state index contributed by atoms with van der Waals surface area (Å²) in [5.74, 6) is -0.885. The zero-order valence-corrected chi connectivity index (χ0v) is 9.31. The molecule has 0 fully saturated rings. The topological polar surface area (TPSA) is 78.0 Å². The molecule has 3 rings (SSSR count). The van der Waals surface area contributed by atoms with E-state index in [1.54, 1.807) is 6.07 Å². The molecule has 2 aromatic heterocycles. The summed E-state index contributed by atoms with van der Waals surface area (Å²) in [6.45, 7) is 2.59. The number of aromatic carboxylic acids is 1. The maximum Gasteiger partial charge on any atom is 0.345 e. The molecule has 1 aliphatic rings. The first-order chi connectivity index (χ1) is 7.66. The molecule has 1 aliphatic heterocycles. The van der Waals surface area contributed by atoms with E-state index in [4.69, 9.17) is 5.11 Å². The number of nitrogens with one attached hydrogen (secondary N) is 2. The Labute approximate surface area is 95.1 Å². The lowest BCUT2D eigenvalue weighted by molar-refractivity contribution is 0.0702. The molecule has 2 aromatic rings. The van der Waals surface area contributed by atoms with Crippen LogP contribution >= 0.6 is 11.3 Å². The van der Waals surface area contributed by atoms with Crippen LogP contribution in [0.4, 0.5) is 5.69 Å². The molecule has 0 aliphatic carbocycles. The number of aromatic nitrogens is 2. The highest BCUT2D eigenvalue weighted by Gasteiger charge is 2.24. The lowest BCUT2D eigenvalue weighted by Gasteiger charge is -2.13. The van der Waals surface area contributed by atoms with Gasteiger partial charge in [-0.2, -0.15) is 5.10 Å². The van der Waals surface area contributed by atoms with Crippen LogP contribution in [0.1, 0.15) is 21.1 Å². The maximum atomic E-state index is 10.9. The van der Waals surface area contributed by atoms with Gasteiger partial charge in [0, 0.05) is 11.3 Å². The number of rotatable bonds is 1. The zero-order chi connectivity index (χ0) is 11.3. The van der Waals surface area contributed by atoms with Crippen LogP contribution in [0.15, 0.2) is 6.07 Å². The van der Waals surface area contributed by atoms with Gasteiger partial charge < -0.3 is 10.4 Å². The van der Waals surface area contributed by atoms with Crippen molar-refractivity contribution in [1.82, 2.24) is 10.2 Å². The molecule has 0 amide bonds. The number of hydrogen-bond acceptors (Lipinski definition) is 4. The number of nitrogens with zero attached hydrogens (tertiary/aromatic N) is 1. The van der Waals surface area contributed by atoms with E-state index in [1.165, 1.54) is 11.3 Å². The number of aromatic amines is 1. The van der Waals surface area contributed by atoms with Gasteiger partial charge in [-0.25, -0.2) is 4.79 Å². The van der Waals surface area contributed by atoms with Gasteiger partial charge in [-0.1, -0.05) is 0 Å². The van der Waals surface area contributed by atoms with Crippen LogP contribution in [-0.2, 0) is 6.54 Å². The van der Waals surface area contributed by atoms with Gasteiger partial charge in [0.25, 0.3) is 0 Å². The van der Waals surface area contributed by atoms with E-state index < -0.39 is 5.97 Å². The summed E-state index contributed by atoms with van der Waals surface area (Å²) >= 11 is 1.28. The second kappa shape index (κ2) is 3.08. The Kier molecular flexibility index (Phi) is 1.81. The zero-order valence-electron chi connectivity index (χ0n) is 8.50.